The zero-order valence-electron chi connectivity index (χ0n) is 12.3. The van der Waals surface area contributed by atoms with Gasteiger partial charge < -0.3 is 19.5 Å². The monoisotopic (exact) mass is 291 g/mol. The van der Waals surface area contributed by atoms with Crippen LogP contribution in [0.25, 0.3) is 0 Å². The number of ether oxygens (including phenoxy) is 3. The van der Waals surface area contributed by atoms with Crippen LogP contribution in [0.5, 0.6) is 17.2 Å². The highest BCUT2D eigenvalue weighted by Gasteiger charge is 2.07. The van der Waals surface area contributed by atoms with Crippen molar-refractivity contribution in [3.05, 3.63) is 47.8 Å². The lowest BCUT2D eigenvalue weighted by molar-refractivity contribution is 0.354. The van der Waals surface area contributed by atoms with E-state index in [0.717, 1.165) is 5.56 Å². The molecule has 2 rings (SSSR count). The van der Waals surface area contributed by atoms with Gasteiger partial charge in [0.1, 0.15) is 11.6 Å². The average molecular weight is 291 g/mol. The van der Waals surface area contributed by atoms with Crippen LogP contribution in [0.1, 0.15) is 5.56 Å². The van der Waals surface area contributed by atoms with E-state index in [1.165, 1.54) is 6.07 Å². The molecule has 0 unspecified atom stereocenters. The van der Waals surface area contributed by atoms with Gasteiger partial charge in [-0.05, 0) is 29.8 Å². The Kier molecular flexibility index (Phi) is 4.87. The molecule has 4 nitrogen and oxygen atoms in total. The molecule has 0 fully saturated rings. The van der Waals surface area contributed by atoms with Gasteiger partial charge in [-0.15, -0.1) is 0 Å². The fourth-order valence-electron chi connectivity index (χ4n) is 1.95. The molecule has 0 bridgehead atoms. The van der Waals surface area contributed by atoms with E-state index < -0.39 is 0 Å². The summed E-state index contributed by atoms with van der Waals surface area (Å²) in [4.78, 5) is 0. The van der Waals surface area contributed by atoms with E-state index in [4.69, 9.17) is 14.2 Å². The maximum Gasteiger partial charge on any atom is 0.161 e. The van der Waals surface area contributed by atoms with E-state index in [-0.39, 0.29) is 5.82 Å². The molecule has 1 N–H and O–H groups in total. The fourth-order valence-corrected chi connectivity index (χ4v) is 1.95. The van der Waals surface area contributed by atoms with E-state index in [2.05, 4.69) is 5.32 Å². The van der Waals surface area contributed by atoms with Gasteiger partial charge in [0.05, 0.1) is 27.0 Å². The molecule has 2 aromatic carbocycles. The molecule has 0 saturated carbocycles. The molecule has 0 aromatic heterocycles. The first kappa shape index (κ1) is 15.0. The molecule has 0 amide bonds. The SMILES string of the molecule is COc1ccc(F)c(NCc2ccc(OC)c(OC)c2)c1. The molecule has 0 aliphatic heterocycles. The first-order valence-electron chi connectivity index (χ1n) is 6.46. The van der Waals surface area contributed by atoms with Crippen molar-refractivity contribution < 1.29 is 18.6 Å². The van der Waals surface area contributed by atoms with Crippen LogP contribution < -0.4 is 19.5 Å². The van der Waals surface area contributed by atoms with Gasteiger partial charge in [0.25, 0.3) is 0 Å². The highest BCUT2D eigenvalue weighted by Crippen LogP contribution is 2.28. The van der Waals surface area contributed by atoms with Crippen LogP contribution in [0.2, 0.25) is 0 Å². The Morgan fingerprint density at radius 2 is 1.67 bits per heavy atom. The van der Waals surface area contributed by atoms with Crippen LogP contribution in [-0.4, -0.2) is 21.3 Å². The Labute approximate surface area is 123 Å². The largest absolute Gasteiger partial charge is 0.497 e. The summed E-state index contributed by atoms with van der Waals surface area (Å²) in [5.74, 6) is 1.58. The molecule has 0 atom stereocenters. The van der Waals surface area contributed by atoms with Gasteiger partial charge >= 0.3 is 0 Å². The molecular weight excluding hydrogens is 273 g/mol. The van der Waals surface area contributed by atoms with Crippen LogP contribution >= 0.6 is 0 Å². The van der Waals surface area contributed by atoms with E-state index in [0.29, 0.717) is 29.5 Å². The number of halogens is 1. The summed E-state index contributed by atoms with van der Waals surface area (Å²) >= 11 is 0. The Morgan fingerprint density at radius 3 is 2.33 bits per heavy atom. The van der Waals surface area contributed by atoms with Crippen molar-refractivity contribution in [3.8, 4) is 17.2 Å². The third-order valence-corrected chi connectivity index (χ3v) is 3.10. The molecule has 0 aliphatic rings. The lowest BCUT2D eigenvalue weighted by Crippen LogP contribution is -2.02. The summed E-state index contributed by atoms with van der Waals surface area (Å²) in [5.41, 5.74) is 1.35. The van der Waals surface area contributed by atoms with Gasteiger partial charge in [-0.2, -0.15) is 0 Å². The topological polar surface area (TPSA) is 39.7 Å². The Bertz CT molecular complexity index is 616. The van der Waals surface area contributed by atoms with Crippen molar-refractivity contribution in [1.29, 1.82) is 0 Å². The van der Waals surface area contributed by atoms with Gasteiger partial charge in [0.15, 0.2) is 11.5 Å². The van der Waals surface area contributed by atoms with Crippen LogP contribution in [0.3, 0.4) is 0 Å². The van der Waals surface area contributed by atoms with Crippen LogP contribution in [0.15, 0.2) is 36.4 Å². The summed E-state index contributed by atoms with van der Waals surface area (Å²) < 4.78 is 29.2. The van der Waals surface area contributed by atoms with Crippen molar-refractivity contribution in [2.45, 2.75) is 6.54 Å². The Morgan fingerprint density at radius 1 is 0.905 bits per heavy atom. The van der Waals surface area contributed by atoms with E-state index in [1.54, 1.807) is 33.5 Å². The van der Waals surface area contributed by atoms with Gasteiger partial charge in [-0.25, -0.2) is 4.39 Å². The maximum absolute atomic E-state index is 13.7. The normalized spacial score (nSPS) is 10.1. The fraction of sp³-hybridized carbons (Fsp3) is 0.250. The second kappa shape index (κ2) is 6.83. The molecule has 2 aromatic rings. The zero-order valence-corrected chi connectivity index (χ0v) is 12.3. The van der Waals surface area contributed by atoms with Crippen molar-refractivity contribution in [1.82, 2.24) is 0 Å². The molecular formula is C16H18FNO3. The second-order valence-corrected chi connectivity index (χ2v) is 4.39. The summed E-state index contributed by atoms with van der Waals surface area (Å²) in [5, 5.41) is 3.04. The first-order chi connectivity index (χ1) is 10.2. The van der Waals surface area contributed by atoms with Gasteiger partial charge in [-0.1, -0.05) is 6.07 Å². The molecule has 0 heterocycles. The number of anilines is 1. The van der Waals surface area contributed by atoms with Crippen LogP contribution in [-0.2, 0) is 6.54 Å². The van der Waals surface area contributed by atoms with Crippen LogP contribution in [0.4, 0.5) is 10.1 Å². The molecule has 0 radical (unpaired) electrons. The number of hydrogen-bond donors (Lipinski definition) is 1. The molecule has 0 saturated heterocycles. The quantitative estimate of drug-likeness (QED) is 0.884. The third-order valence-electron chi connectivity index (χ3n) is 3.10. The van der Waals surface area contributed by atoms with Gasteiger partial charge in [-0.3, -0.25) is 0 Å². The summed E-state index contributed by atoms with van der Waals surface area (Å²) in [6.07, 6.45) is 0. The number of hydrogen-bond acceptors (Lipinski definition) is 4. The van der Waals surface area contributed by atoms with E-state index >= 15 is 0 Å². The van der Waals surface area contributed by atoms with Crippen molar-refractivity contribution in [3.63, 3.8) is 0 Å². The molecule has 5 heteroatoms. The first-order valence-corrected chi connectivity index (χ1v) is 6.46. The standard InChI is InChI=1S/C16H18FNO3/c1-19-12-5-6-13(17)14(9-12)18-10-11-4-7-15(20-2)16(8-11)21-3/h4-9,18H,10H2,1-3H3. The summed E-state index contributed by atoms with van der Waals surface area (Å²) in [6.45, 7) is 0.463. The van der Waals surface area contributed by atoms with Gasteiger partial charge in [0, 0.05) is 12.6 Å². The predicted molar refractivity (Wildman–Crippen MR) is 79.8 cm³/mol. The lowest BCUT2D eigenvalue weighted by Gasteiger charge is -2.12. The van der Waals surface area contributed by atoms with Crippen LogP contribution in [0, 0.1) is 5.82 Å². The smallest absolute Gasteiger partial charge is 0.161 e. The minimum Gasteiger partial charge on any atom is -0.497 e. The average Bonchev–Trinajstić information content (AvgIpc) is 2.53. The number of nitrogens with one attached hydrogen (secondary N) is 1. The van der Waals surface area contributed by atoms with Crippen molar-refractivity contribution in [2.75, 3.05) is 26.6 Å². The molecule has 0 spiro atoms. The summed E-state index contributed by atoms with van der Waals surface area (Å²) in [6, 6.07) is 10.1. The Hall–Kier alpha value is -2.43. The van der Waals surface area contributed by atoms with E-state index in [1.807, 2.05) is 18.2 Å². The lowest BCUT2D eigenvalue weighted by atomic mass is 10.2. The minimum atomic E-state index is -0.323. The maximum atomic E-state index is 13.7. The Balaban J connectivity index is 2.13. The minimum absolute atomic E-state index is 0.323. The van der Waals surface area contributed by atoms with Crippen molar-refractivity contribution >= 4 is 5.69 Å². The predicted octanol–water partition coefficient (Wildman–Crippen LogP) is 3.46. The third kappa shape index (κ3) is 3.56. The highest BCUT2D eigenvalue weighted by atomic mass is 19.1. The summed E-state index contributed by atoms with van der Waals surface area (Å²) in [7, 11) is 4.71. The number of methoxy groups -OCH3 is 3. The van der Waals surface area contributed by atoms with E-state index in [9.17, 15) is 4.39 Å². The number of rotatable bonds is 6. The zero-order chi connectivity index (χ0) is 15.2. The number of benzene rings is 2. The highest BCUT2D eigenvalue weighted by molar-refractivity contribution is 5.51. The van der Waals surface area contributed by atoms with Gasteiger partial charge in [0.2, 0.25) is 0 Å². The molecule has 112 valence electrons. The molecule has 21 heavy (non-hydrogen) atoms. The van der Waals surface area contributed by atoms with Crippen molar-refractivity contribution in [2.24, 2.45) is 0 Å². The molecule has 0 aliphatic carbocycles. The second-order valence-electron chi connectivity index (χ2n) is 4.39.